The molecule has 0 aliphatic heterocycles. The van der Waals surface area contributed by atoms with Crippen molar-refractivity contribution < 1.29 is 4.79 Å². The van der Waals surface area contributed by atoms with E-state index in [1.54, 1.807) is 7.05 Å². The van der Waals surface area contributed by atoms with Crippen LogP contribution in [0.1, 0.15) is 29.3 Å². The van der Waals surface area contributed by atoms with Gasteiger partial charge in [-0.15, -0.1) is 5.10 Å². The molecule has 2 rings (SSSR count). The number of amides is 1. The van der Waals surface area contributed by atoms with Crippen LogP contribution in [0.25, 0.3) is 0 Å². The van der Waals surface area contributed by atoms with Gasteiger partial charge in [-0.05, 0) is 43.4 Å². The fourth-order valence-electron chi connectivity index (χ4n) is 2.20. The van der Waals surface area contributed by atoms with Crippen molar-refractivity contribution in [3.8, 4) is 0 Å². The molecular weight excluding hydrogens is 342 g/mol. The fourth-order valence-corrected chi connectivity index (χ4v) is 3.21. The number of carbonyl (C=O) groups excluding carboxylic acids is 1. The highest BCUT2D eigenvalue weighted by Crippen LogP contribution is 2.15. The van der Waals surface area contributed by atoms with E-state index >= 15 is 0 Å². The van der Waals surface area contributed by atoms with E-state index in [0.717, 1.165) is 34.2 Å². The van der Waals surface area contributed by atoms with Crippen molar-refractivity contribution in [3.05, 3.63) is 39.3 Å². The van der Waals surface area contributed by atoms with Crippen LogP contribution < -0.4 is 10.6 Å². The molecular formula is C16H23N5OS2. The summed E-state index contributed by atoms with van der Waals surface area (Å²) in [6, 6.07) is 7.61. The smallest absolute Gasteiger partial charge is 0.251 e. The molecule has 1 aromatic carbocycles. The zero-order valence-corrected chi connectivity index (χ0v) is 15.8. The Balaban J connectivity index is 1.95. The molecule has 8 heteroatoms. The van der Waals surface area contributed by atoms with Gasteiger partial charge in [0.15, 0.2) is 3.95 Å². The molecule has 0 saturated heterocycles. The lowest BCUT2D eigenvalue weighted by atomic mass is 10.1. The van der Waals surface area contributed by atoms with Crippen LogP contribution in [0.2, 0.25) is 0 Å². The number of anilines is 1. The first-order chi connectivity index (χ1) is 11.5. The molecule has 0 aliphatic rings. The molecule has 6 nitrogen and oxygen atoms in total. The van der Waals surface area contributed by atoms with Crippen molar-refractivity contribution in [2.75, 3.05) is 26.0 Å². The first-order valence-corrected chi connectivity index (χ1v) is 9.07. The summed E-state index contributed by atoms with van der Waals surface area (Å²) in [4.78, 5) is 13.7. The summed E-state index contributed by atoms with van der Waals surface area (Å²) in [5, 5.41) is 11.3. The van der Waals surface area contributed by atoms with E-state index < -0.39 is 0 Å². The van der Waals surface area contributed by atoms with Crippen LogP contribution in [0.15, 0.2) is 24.3 Å². The maximum Gasteiger partial charge on any atom is 0.251 e. The van der Waals surface area contributed by atoms with Crippen LogP contribution in [0, 0.1) is 3.95 Å². The summed E-state index contributed by atoms with van der Waals surface area (Å²) in [6.07, 6.45) is 1.05. The Morgan fingerprint density at radius 1 is 1.38 bits per heavy atom. The van der Waals surface area contributed by atoms with Crippen molar-refractivity contribution in [2.45, 2.75) is 26.6 Å². The van der Waals surface area contributed by atoms with Gasteiger partial charge < -0.3 is 10.6 Å². The van der Waals surface area contributed by atoms with E-state index in [4.69, 9.17) is 12.2 Å². The third kappa shape index (κ3) is 5.12. The summed E-state index contributed by atoms with van der Waals surface area (Å²) < 4.78 is 2.59. The molecule has 130 valence electrons. The highest BCUT2D eigenvalue weighted by atomic mass is 32.1. The van der Waals surface area contributed by atoms with E-state index in [0.29, 0.717) is 12.2 Å². The maximum absolute atomic E-state index is 11.6. The normalized spacial score (nSPS) is 10.8. The standard InChI is InChI=1S/C16H23N5OS2/c1-4-9-18-15-19-21(16(23)24-15)11-20(3)10-12-5-7-13(8-6-12)14(22)17-2/h5-8H,4,9-11H2,1-3H3,(H,17,22)(H,18,19). The van der Waals surface area contributed by atoms with Crippen LogP contribution >= 0.6 is 23.6 Å². The van der Waals surface area contributed by atoms with Crippen LogP contribution in [-0.4, -0.2) is 41.2 Å². The van der Waals surface area contributed by atoms with Crippen LogP contribution in [0.4, 0.5) is 5.13 Å². The number of hydrogen-bond donors (Lipinski definition) is 2. The van der Waals surface area contributed by atoms with Crippen molar-refractivity contribution in [3.63, 3.8) is 0 Å². The number of benzene rings is 1. The number of rotatable bonds is 8. The minimum absolute atomic E-state index is 0.0733. The lowest BCUT2D eigenvalue weighted by molar-refractivity contribution is 0.0963. The summed E-state index contributed by atoms with van der Waals surface area (Å²) in [5.41, 5.74) is 1.80. The van der Waals surface area contributed by atoms with Gasteiger partial charge in [-0.1, -0.05) is 30.4 Å². The van der Waals surface area contributed by atoms with Crippen molar-refractivity contribution in [2.24, 2.45) is 0 Å². The molecule has 0 spiro atoms. The topological polar surface area (TPSA) is 62.2 Å². The molecule has 2 aromatic rings. The molecule has 0 fully saturated rings. The maximum atomic E-state index is 11.6. The average Bonchev–Trinajstić information content (AvgIpc) is 2.92. The van der Waals surface area contributed by atoms with Gasteiger partial charge in [-0.2, -0.15) is 0 Å². The lowest BCUT2D eigenvalue weighted by Gasteiger charge is -2.16. The Kier molecular flexibility index (Phi) is 6.89. The summed E-state index contributed by atoms with van der Waals surface area (Å²) in [7, 11) is 3.65. The highest BCUT2D eigenvalue weighted by Gasteiger charge is 2.08. The monoisotopic (exact) mass is 365 g/mol. The molecule has 1 amide bonds. The second kappa shape index (κ2) is 8.91. The van der Waals surface area contributed by atoms with E-state index in [2.05, 4.69) is 27.6 Å². The Morgan fingerprint density at radius 2 is 2.08 bits per heavy atom. The third-order valence-electron chi connectivity index (χ3n) is 3.40. The lowest BCUT2D eigenvalue weighted by Crippen LogP contribution is -2.22. The number of nitrogens with zero attached hydrogens (tertiary/aromatic N) is 3. The van der Waals surface area contributed by atoms with Crippen LogP contribution in [0.3, 0.4) is 0 Å². The zero-order chi connectivity index (χ0) is 17.5. The van der Waals surface area contributed by atoms with E-state index in [9.17, 15) is 4.79 Å². The predicted octanol–water partition coefficient (Wildman–Crippen LogP) is 2.95. The highest BCUT2D eigenvalue weighted by molar-refractivity contribution is 7.73. The molecule has 0 aliphatic carbocycles. The number of aromatic nitrogens is 2. The first-order valence-electron chi connectivity index (χ1n) is 7.85. The quantitative estimate of drug-likeness (QED) is 0.704. The van der Waals surface area contributed by atoms with Gasteiger partial charge in [0.2, 0.25) is 5.13 Å². The average molecular weight is 366 g/mol. The fraction of sp³-hybridized carbons (Fsp3) is 0.438. The van der Waals surface area contributed by atoms with Gasteiger partial charge in [-0.25, -0.2) is 4.68 Å². The SMILES string of the molecule is CCCNc1nn(CN(C)Cc2ccc(C(=O)NC)cc2)c(=S)s1. The Morgan fingerprint density at radius 3 is 2.71 bits per heavy atom. The largest absolute Gasteiger partial charge is 0.360 e. The van der Waals surface area contributed by atoms with Gasteiger partial charge in [0, 0.05) is 25.7 Å². The van der Waals surface area contributed by atoms with Gasteiger partial charge in [0.05, 0.1) is 6.67 Å². The van der Waals surface area contributed by atoms with E-state index in [1.807, 2.05) is 36.0 Å². The Bertz CT molecular complexity index is 723. The third-order valence-corrected chi connectivity index (χ3v) is 4.67. The molecule has 0 saturated carbocycles. The van der Waals surface area contributed by atoms with Crippen LogP contribution in [0.5, 0.6) is 0 Å². The number of hydrogen-bond acceptors (Lipinski definition) is 6. The molecule has 1 heterocycles. The first kappa shape index (κ1) is 18.6. The Hall–Kier alpha value is -1.77. The second-order valence-corrected chi connectivity index (χ2v) is 7.15. The molecule has 2 N–H and O–H groups in total. The summed E-state index contributed by atoms with van der Waals surface area (Å²) in [5.74, 6) is -0.0733. The second-order valence-electron chi connectivity index (χ2n) is 5.53. The molecule has 0 atom stereocenters. The number of nitrogens with one attached hydrogen (secondary N) is 2. The summed E-state index contributed by atoms with van der Waals surface area (Å²) >= 11 is 6.87. The van der Waals surface area contributed by atoms with Crippen LogP contribution in [-0.2, 0) is 13.2 Å². The molecule has 24 heavy (non-hydrogen) atoms. The molecule has 0 radical (unpaired) electrons. The molecule has 0 unspecified atom stereocenters. The predicted molar refractivity (Wildman–Crippen MR) is 101 cm³/mol. The van der Waals surface area contributed by atoms with Crippen molar-refractivity contribution >= 4 is 34.6 Å². The van der Waals surface area contributed by atoms with E-state index in [-0.39, 0.29) is 5.91 Å². The van der Waals surface area contributed by atoms with E-state index in [1.165, 1.54) is 11.3 Å². The van der Waals surface area contributed by atoms with Gasteiger partial charge in [0.1, 0.15) is 0 Å². The van der Waals surface area contributed by atoms with Gasteiger partial charge in [-0.3, -0.25) is 9.69 Å². The minimum Gasteiger partial charge on any atom is -0.360 e. The Labute approximate surface area is 151 Å². The van der Waals surface area contributed by atoms with Crippen molar-refractivity contribution in [1.29, 1.82) is 0 Å². The van der Waals surface area contributed by atoms with Gasteiger partial charge in [0.25, 0.3) is 5.91 Å². The van der Waals surface area contributed by atoms with Crippen molar-refractivity contribution in [1.82, 2.24) is 20.0 Å². The minimum atomic E-state index is -0.0733. The molecule has 0 bridgehead atoms. The number of carbonyl (C=O) groups is 1. The van der Waals surface area contributed by atoms with Gasteiger partial charge >= 0.3 is 0 Å². The molecule has 1 aromatic heterocycles. The summed E-state index contributed by atoms with van der Waals surface area (Å²) in [6.45, 7) is 4.40. The zero-order valence-electron chi connectivity index (χ0n) is 14.2.